The van der Waals surface area contributed by atoms with E-state index in [-0.39, 0.29) is 0 Å². The van der Waals surface area contributed by atoms with Crippen LogP contribution in [0.2, 0.25) is 0 Å². The molecule has 0 saturated heterocycles. The Morgan fingerprint density at radius 3 is 2.50 bits per heavy atom. The monoisotopic (exact) mass is 148 g/mol. The van der Waals surface area contributed by atoms with E-state index in [0.717, 1.165) is 4.88 Å². The standard InChI is InChI=1S/C7H4N2S/c8-4-6(5-9)7-2-1-3-10-7/h1-3,6H. The van der Waals surface area contributed by atoms with Gasteiger partial charge in [-0.15, -0.1) is 11.3 Å². The molecule has 10 heavy (non-hydrogen) atoms. The van der Waals surface area contributed by atoms with Gasteiger partial charge in [-0.05, 0) is 11.4 Å². The maximum absolute atomic E-state index is 8.43. The first-order chi connectivity index (χ1) is 4.88. The number of rotatable bonds is 1. The molecule has 0 spiro atoms. The average molecular weight is 148 g/mol. The number of nitriles is 2. The van der Waals surface area contributed by atoms with Gasteiger partial charge in [0, 0.05) is 4.88 Å². The lowest BCUT2D eigenvalue weighted by atomic mass is 10.2. The zero-order valence-electron chi connectivity index (χ0n) is 5.11. The third-order valence-corrected chi connectivity index (χ3v) is 2.02. The Morgan fingerprint density at radius 2 is 2.10 bits per heavy atom. The van der Waals surface area contributed by atoms with Crippen LogP contribution in [0.1, 0.15) is 10.8 Å². The molecule has 0 aliphatic carbocycles. The predicted octanol–water partition coefficient (Wildman–Crippen LogP) is 1.88. The molecule has 0 atom stereocenters. The first kappa shape index (κ1) is 6.80. The molecule has 0 amide bonds. The van der Waals surface area contributed by atoms with Crippen LogP contribution in [0.3, 0.4) is 0 Å². The fourth-order valence-electron chi connectivity index (χ4n) is 0.612. The van der Waals surface area contributed by atoms with Crippen LogP contribution in [0.15, 0.2) is 17.5 Å². The van der Waals surface area contributed by atoms with E-state index < -0.39 is 5.92 Å². The third kappa shape index (κ3) is 1.15. The van der Waals surface area contributed by atoms with Gasteiger partial charge in [0.25, 0.3) is 0 Å². The van der Waals surface area contributed by atoms with Crippen LogP contribution >= 0.6 is 11.3 Å². The first-order valence-corrected chi connectivity index (χ1v) is 3.59. The Hall–Kier alpha value is -1.32. The van der Waals surface area contributed by atoms with E-state index in [1.54, 1.807) is 6.07 Å². The molecule has 0 aliphatic rings. The lowest BCUT2D eigenvalue weighted by Gasteiger charge is -1.89. The van der Waals surface area contributed by atoms with E-state index in [1.165, 1.54) is 11.3 Å². The summed E-state index contributed by atoms with van der Waals surface area (Å²) in [7, 11) is 0. The average Bonchev–Trinajstić information content (AvgIpc) is 2.43. The minimum atomic E-state index is -0.583. The van der Waals surface area contributed by atoms with Gasteiger partial charge in [0.2, 0.25) is 0 Å². The van der Waals surface area contributed by atoms with Crippen molar-refractivity contribution in [3.05, 3.63) is 22.4 Å². The molecule has 0 radical (unpaired) electrons. The number of thiophene rings is 1. The molecule has 0 saturated carbocycles. The van der Waals surface area contributed by atoms with Gasteiger partial charge in [-0.1, -0.05) is 6.07 Å². The van der Waals surface area contributed by atoms with Crippen LogP contribution in [0.4, 0.5) is 0 Å². The lowest BCUT2D eigenvalue weighted by Crippen LogP contribution is -1.84. The van der Waals surface area contributed by atoms with E-state index in [2.05, 4.69) is 0 Å². The van der Waals surface area contributed by atoms with Gasteiger partial charge < -0.3 is 0 Å². The Bertz CT molecular complexity index is 262. The summed E-state index contributed by atoms with van der Waals surface area (Å²) in [5, 5.41) is 18.7. The van der Waals surface area contributed by atoms with Crippen LogP contribution in [-0.4, -0.2) is 0 Å². The summed E-state index contributed by atoms with van der Waals surface area (Å²) in [6, 6.07) is 7.44. The fourth-order valence-corrected chi connectivity index (χ4v) is 1.32. The Morgan fingerprint density at radius 1 is 1.40 bits per heavy atom. The van der Waals surface area contributed by atoms with E-state index in [1.807, 2.05) is 23.6 Å². The highest BCUT2D eigenvalue weighted by Gasteiger charge is 2.08. The van der Waals surface area contributed by atoms with Crippen molar-refractivity contribution in [1.82, 2.24) is 0 Å². The normalized spacial score (nSPS) is 8.70. The van der Waals surface area contributed by atoms with Crippen molar-refractivity contribution in [2.24, 2.45) is 0 Å². The quantitative estimate of drug-likeness (QED) is 0.610. The molecule has 1 aromatic heterocycles. The highest BCUT2D eigenvalue weighted by molar-refractivity contribution is 7.10. The van der Waals surface area contributed by atoms with E-state index in [9.17, 15) is 0 Å². The second-order valence-corrected chi connectivity index (χ2v) is 2.69. The van der Waals surface area contributed by atoms with Crippen LogP contribution < -0.4 is 0 Å². The molecule has 2 nitrogen and oxygen atoms in total. The van der Waals surface area contributed by atoms with E-state index in [0.29, 0.717) is 0 Å². The van der Waals surface area contributed by atoms with Crippen molar-refractivity contribution < 1.29 is 0 Å². The number of hydrogen-bond donors (Lipinski definition) is 0. The molecule has 48 valence electrons. The highest BCUT2D eigenvalue weighted by atomic mass is 32.1. The van der Waals surface area contributed by atoms with Gasteiger partial charge >= 0.3 is 0 Å². The summed E-state index contributed by atoms with van der Waals surface area (Å²) in [6.45, 7) is 0. The maximum atomic E-state index is 8.43. The SMILES string of the molecule is N#CC(C#N)c1cccs1. The summed E-state index contributed by atoms with van der Waals surface area (Å²) in [4.78, 5) is 0.824. The lowest BCUT2D eigenvalue weighted by molar-refractivity contribution is 1.14. The van der Waals surface area contributed by atoms with Crippen molar-refractivity contribution in [3.63, 3.8) is 0 Å². The van der Waals surface area contributed by atoms with Gasteiger partial charge in [-0.2, -0.15) is 10.5 Å². The van der Waals surface area contributed by atoms with Gasteiger partial charge in [-0.25, -0.2) is 0 Å². The third-order valence-electron chi connectivity index (χ3n) is 1.09. The van der Waals surface area contributed by atoms with Crippen LogP contribution in [0, 0.1) is 22.7 Å². The van der Waals surface area contributed by atoms with Crippen molar-refractivity contribution in [2.45, 2.75) is 5.92 Å². The molecule has 3 heteroatoms. The van der Waals surface area contributed by atoms with Crippen molar-refractivity contribution >= 4 is 11.3 Å². The molecule has 0 fully saturated rings. The van der Waals surface area contributed by atoms with Crippen molar-refractivity contribution in [3.8, 4) is 12.1 Å². The first-order valence-electron chi connectivity index (χ1n) is 2.71. The topological polar surface area (TPSA) is 47.6 Å². The van der Waals surface area contributed by atoms with Crippen LogP contribution in [-0.2, 0) is 0 Å². The molecular formula is C7H4N2S. The van der Waals surface area contributed by atoms with Gasteiger partial charge in [0.15, 0.2) is 5.92 Å². The molecule has 1 aromatic rings. The smallest absolute Gasteiger partial charge is 0.167 e. The summed E-state index contributed by atoms with van der Waals surface area (Å²) in [5.41, 5.74) is 0. The molecule has 0 N–H and O–H groups in total. The summed E-state index contributed by atoms with van der Waals surface area (Å²) in [6.07, 6.45) is 0. The minimum absolute atomic E-state index is 0.583. The van der Waals surface area contributed by atoms with Crippen LogP contribution in [0.25, 0.3) is 0 Å². The second-order valence-electron chi connectivity index (χ2n) is 1.71. The molecule has 0 bridgehead atoms. The second kappa shape index (κ2) is 3.00. The van der Waals surface area contributed by atoms with Gasteiger partial charge in [0.05, 0.1) is 12.1 Å². The highest BCUT2D eigenvalue weighted by Crippen LogP contribution is 2.18. The molecule has 0 aliphatic heterocycles. The summed E-state index contributed by atoms with van der Waals surface area (Å²) >= 11 is 1.44. The minimum Gasteiger partial charge on any atom is -0.196 e. The zero-order valence-corrected chi connectivity index (χ0v) is 5.93. The van der Waals surface area contributed by atoms with Crippen LogP contribution in [0.5, 0.6) is 0 Å². The molecule has 0 aromatic carbocycles. The van der Waals surface area contributed by atoms with E-state index >= 15 is 0 Å². The molecule has 1 heterocycles. The summed E-state index contributed by atoms with van der Waals surface area (Å²) in [5.74, 6) is -0.583. The van der Waals surface area contributed by atoms with E-state index in [4.69, 9.17) is 10.5 Å². The Balaban J connectivity index is 2.89. The predicted molar refractivity (Wildman–Crippen MR) is 38.3 cm³/mol. The van der Waals surface area contributed by atoms with Gasteiger partial charge in [-0.3, -0.25) is 0 Å². The molecular weight excluding hydrogens is 144 g/mol. The largest absolute Gasteiger partial charge is 0.196 e. The van der Waals surface area contributed by atoms with Crippen molar-refractivity contribution in [2.75, 3.05) is 0 Å². The number of nitrogens with zero attached hydrogens (tertiary/aromatic N) is 2. The Kier molecular flexibility index (Phi) is 2.04. The van der Waals surface area contributed by atoms with Crippen molar-refractivity contribution in [1.29, 1.82) is 10.5 Å². The zero-order chi connectivity index (χ0) is 7.40. The Labute approximate surface area is 63.0 Å². The van der Waals surface area contributed by atoms with Gasteiger partial charge in [0.1, 0.15) is 0 Å². The molecule has 0 unspecified atom stereocenters. The number of hydrogen-bond acceptors (Lipinski definition) is 3. The molecule has 1 rings (SSSR count). The maximum Gasteiger partial charge on any atom is 0.167 e. The summed E-state index contributed by atoms with van der Waals surface area (Å²) < 4.78 is 0. The fraction of sp³-hybridized carbons (Fsp3) is 0.143.